The SMILES string of the molecule is COc1ccc(CCNC(=O)C(C)Sc2nnc(N)s2)cc1OC. The van der Waals surface area contributed by atoms with Gasteiger partial charge in [-0.1, -0.05) is 29.2 Å². The van der Waals surface area contributed by atoms with Crippen molar-refractivity contribution in [2.24, 2.45) is 0 Å². The lowest BCUT2D eigenvalue weighted by molar-refractivity contribution is -0.120. The highest BCUT2D eigenvalue weighted by Gasteiger charge is 2.16. The van der Waals surface area contributed by atoms with Crippen molar-refractivity contribution in [3.8, 4) is 11.5 Å². The Morgan fingerprint density at radius 1 is 1.33 bits per heavy atom. The molecule has 0 aliphatic carbocycles. The molecule has 0 fully saturated rings. The molecule has 7 nitrogen and oxygen atoms in total. The van der Waals surface area contributed by atoms with E-state index in [0.29, 0.717) is 33.9 Å². The summed E-state index contributed by atoms with van der Waals surface area (Å²) in [6, 6.07) is 5.72. The normalized spacial score (nSPS) is 11.8. The Bertz CT molecular complexity index is 693. The highest BCUT2D eigenvalue weighted by Crippen LogP contribution is 2.28. The molecule has 0 saturated heterocycles. The number of carbonyl (C=O) groups is 1. The van der Waals surface area contributed by atoms with E-state index < -0.39 is 0 Å². The Morgan fingerprint density at radius 3 is 2.71 bits per heavy atom. The van der Waals surface area contributed by atoms with E-state index in [0.717, 1.165) is 5.56 Å². The number of methoxy groups -OCH3 is 2. The van der Waals surface area contributed by atoms with Gasteiger partial charge in [-0.3, -0.25) is 4.79 Å². The lowest BCUT2D eigenvalue weighted by atomic mass is 10.1. The molecule has 2 rings (SSSR count). The maximum Gasteiger partial charge on any atom is 0.233 e. The van der Waals surface area contributed by atoms with Crippen molar-refractivity contribution < 1.29 is 14.3 Å². The molecule has 0 bridgehead atoms. The Hall–Kier alpha value is -2.00. The number of hydrogen-bond acceptors (Lipinski definition) is 8. The Kier molecular flexibility index (Phi) is 6.68. The predicted molar refractivity (Wildman–Crippen MR) is 95.9 cm³/mol. The molecule has 0 aliphatic rings. The number of nitrogens with two attached hydrogens (primary N) is 1. The lowest BCUT2D eigenvalue weighted by Crippen LogP contribution is -2.32. The molecule has 1 unspecified atom stereocenters. The van der Waals surface area contributed by atoms with E-state index in [2.05, 4.69) is 15.5 Å². The fourth-order valence-corrected chi connectivity index (χ4v) is 3.79. The maximum atomic E-state index is 12.1. The summed E-state index contributed by atoms with van der Waals surface area (Å²) >= 11 is 2.62. The average molecular weight is 368 g/mol. The van der Waals surface area contributed by atoms with E-state index in [1.54, 1.807) is 14.2 Å². The van der Waals surface area contributed by atoms with Gasteiger partial charge in [-0.15, -0.1) is 10.2 Å². The number of ether oxygens (including phenoxy) is 2. The number of benzene rings is 1. The van der Waals surface area contributed by atoms with Crippen molar-refractivity contribution in [1.82, 2.24) is 15.5 Å². The summed E-state index contributed by atoms with van der Waals surface area (Å²) < 4.78 is 11.2. The minimum Gasteiger partial charge on any atom is -0.493 e. The molecule has 3 N–H and O–H groups in total. The van der Waals surface area contributed by atoms with Gasteiger partial charge in [-0.05, 0) is 31.0 Å². The van der Waals surface area contributed by atoms with Gasteiger partial charge in [0.1, 0.15) is 0 Å². The number of nitrogen functional groups attached to an aromatic ring is 1. The molecule has 2 aromatic rings. The fourth-order valence-electron chi connectivity index (χ4n) is 1.98. The molecule has 1 atom stereocenters. The molecule has 130 valence electrons. The number of thioether (sulfide) groups is 1. The molecule has 1 heterocycles. The molecule has 0 radical (unpaired) electrons. The summed E-state index contributed by atoms with van der Waals surface area (Å²) in [6.45, 7) is 2.37. The molecular weight excluding hydrogens is 348 g/mol. The van der Waals surface area contributed by atoms with Crippen LogP contribution in [0.5, 0.6) is 11.5 Å². The first-order valence-corrected chi connectivity index (χ1v) is 8.97. The zero-order valence-corrected chi connectivity index (χ0v) is 15.4. The summed E-state index contributed by atoms with van der Waals surface area (Å²) in [6.07, 6.45) is 0.704. The Labute approximate surface area is 148 Å². The van der Waals surface area contributed by atoms with Gasteiger partial charge in [-0.2, -0.15) is 0 Å². The first kappa shape index (κ1) is 18.3. The summed E-state index contributed by atoms with van der Waals surface area (Å²) in [4.78, 5) is 12.1. The van der Waals surface area contributed by atoms with Gasteiger partial charge < -0.3 is 20.5 Å². The topological polar surface area (TPSA) is 99.4 Å². The molecule has 9 heteroatoms. The van der Waals surface area contributed by atoms with Crippen LogP contribution in [-0.2, 0) is 11.2 Å². The van der Waals surface area contributed by atoms with E-state index in [4.69, 9.17) is 15.2 Å². The number of amides is 1. The Morgan fingerprint density at radius 2 is 2.08 bits per heavy atom. The monoisotopic (exact) mass is 368 g/mol. The van der Waals surface area contributed by atoms with Crippen molar-refractivity contribution in [1.29, 1.82) is 0 Å². The summed E-state index contributed by atoms with van der Waals surface area (Å²) in [5.41, 5.74) is 6.59. The predicted octanol–water partition coefficient (Wildman–Crippen LogP) is 1.98. The van der Waals surface area contributed by atoms with E-state index in [1.165, 1.54) is 23.1 Å². The molecule has 1 aromatic carbocycles. The van der Waals surface area contributed by atoms with Crippen LogP contribution in [0.4, 0.5) is 5.13 Å². The van der Waals surface area contributed by atoms with Crippen LogP contribution in [0, 0.1) is 0 Å². The van der Waals surface area contributed by atoms with Gasteiger partial charge >= 0.3 is 0 Å². The third-order valence-corrected chi connectivity index (χ3v) is 5.17. The lowest BCUT2D eigenvalue weighted by Gasteiger charge is -2.12. The smallest absolute Gasteiger partial charge is 0.233 e. The van der Waals surface area contributed by atoms with Crippen molar-refractivity contribution in [3.63, 3.8) is 0 Å². The second kappa shape index (κ2) is 8.74. The second-order valence-electron chi connectivity index (χ2n) is 4.90. The summed E-state index contributed by atoms with van der Waals surface area (Å²) in [7, 11) is 3.20. The van der Waals surface area contributed by atoms with Crippen molar-refractivity contribution in [2.45, 2.75) is 22.9 Å². The number of nitrogens with one attached hydrogen (secondary N) is 1. The van der Waals surface area contributed by atoms with Crippen LogP contribution in [-0.4, -0.2) is 42.1 Å². The molecular formula is C15H20N4O3S2. The Balaban J connectivity index is 1.81. The van der Waals surface area contributed by atoms with Crippen LogP contribution >= 0.6 is 23.1 Å². The first-order valence-electron chi connectivity index (χ1n) is 7.27. The standard InChI is InChI=1S/C15H20N4O3S2/c1-9(23-15-19-18-14(16)24-15)13(20)17-7-6-10-4-5-11(21-2)12(8-10)22-3/h4-5,8-9H,6-7H2,1-3H3,(H2,16,18)(H,17,20). The van der Waals surface area contributed by atoms with E-state index in [1.807, 2.05) is 25.1 Å². The van der Waals surface area contributed by atoms with Crippen LogP contribution in [0.3, 0.4) is 0 Å². The van der Waals surface area contributed by atoms with Crippen LogP contribution in [0.25, 0.3) is 0 Å². The third kappa shape index (κ3) is 5.00. The second-order valence-corrected chi connectivity index (χ2v) is 7.49. The highest BCUT2D eigenvalue weighted by molar-refractivity contribution is 8.02. The zero-order valence-electron chi connectivity index (χ0n) is 13.7. The summed E-state index contributed by atoms with van der Waals surface area (Å²) in [5.74, 6) is 1.32. The van der Waals surface area contributed by atoms with Gasteiger partial charge in [0.05, 0.1) is 19.5 Å². The van der Waals surface area contributed by atoms with Crippen LogP contribution in [0.2, 0.25) is 0 Å². The molecule has 0 spiro atoms. The van der Waals surface area contributed by atoms with Crippen molar-refractivity contribution in [3.05, 3.63) is 23.8 Å². The first-order chi connectivity index (χ1) is 11.5. The molecule has 0 saturated carbocycles. The van der Waals surface area contributed by atoms with Gasteiger partial charge in [0.2, 0.25) is 11.0 Å². The van der Waals surface area contributed by atoms with Gasteiger partial charge in [0, 0.05) is 6.54 Å². The largest absolute Gasteiger partial charge is 0.493 e. The number of rotatable bonds is 8. The van der Waals surface area contributed by atoms with Crippen molar-refractivity contribution >= 4 is 34.1 Å². The molecule has 1 amide bonds. The third-order valence-electron chi connectivity index (χ3n) is 3.23. The van der Waals surface area contributed by atoms with Crippen LogP contribution < -0.4 is 20.5 Å². The minimum absolute atomic E-state index is 0.0470. The highest BCUT2D eigenvalue weighted by atomic mass is 32.2. The van der Waals surface area contributed by atoms with E-state index in [9.17, 15) is 4.79 Å². The van der Waals surface area contributed by atoms with Crippen LogP contribution in [0.15, 0.2) is 22.5 Å². The molecule has 24 heavy (non-hydrogen) atoms. The summed E-state index contributed by atoms with van der Waals surface area (Å²) in [5, 5.41) is 10.7. The quantitative estimate of drug-likeness (QED) is 0.687. The van der Waals surface area contributed by atoms with Crippen LogP contribution in [0.1, 0.15) is 12.5 Å². The van der Waals surface area contributed by atoms with Gasteiger partial charge in [0.25, 0.3) is 0 Å². The number of nitrogens with zero attached hydrogens (tertiary/aromatic N) is 2. The molecule has 0 aliphatic heterocycles. The van der Waals surface area contributed by atoms with Gasteiger partial charge in [-0.25, -0.2) is 0 Å². The maximum absolute atomic E-state index is 12.1. The number of aromatic nitrogens is 2. The van der Waals surface area contributed by atoms with Gasteiger partial charge in [0.15, 0.2) is 15.8 Å². The molecule has 1 aromatic heterocycles. The van der Waals surface area contributed by atoms with E-state index >= 15 is 0 Å². The number of hydrogen-bond donors (Lipinski definition) is 2. The number of carbonyl (C=O) groups excluding carboxylic acids is 1. The zero-order chi connectivity index (χ0) is 17.5. The fraction of sp³-hybridized carbons (Fsp3) is 0.400. The number of anilines is 1. The average Bonchev–Trinajstić information content (AvgIpc) is 2.99. The van der Waals surface area contributed by atoms with E-state index in [-0.39, 0.29) is 11.2 Å². The van der Waals surface area contributed by atoms with Crippen molar-refractivity contribution in [2.75, 3.05) is 26.5 Å². The minimum atomic E-state index is -0.261.